The Bertz CT molecular complexity index is 392. The Morgan fingerprint density at radius 2 is 2.11 bits per heavy atom. The molecule has 0 aromatic heterocycles. The molecular formula is C16H24ClNO. The highest BCUT2D eigenvalue weighted by atomic mass is 35.5. The summed E-state index contributed by atoms with van der Waals surface area (Å²) in [4.78, 5) is 4.28. The van der Waals surface area contributed by atoms with Gasteiger partial charge in [0.05, 0.1) is 18.5 Å². The molecule has 0 aliphatic heterocycles. The number of nitrogens with zero attached hydrogens (tertiary/aromatic N) is 1. The third kappa shape index (κ3) is 5.75. The minimum absolute atomic E-state index is 0.228. The largest absolute Gasteiger partial charge is 0.390 e. The highest BCUT2D eigenvalue weighted by Gasteiger charge is 2.08. The van der Waals surface area contributed by atoms with Gasteiger partial charge >= 0.3 is 0 Å². The van der Waals surface area contributed by atoms with Crippen LogP contribution in [0.5, 0.6) is 0 Å². The molecule has 19 heavy (non-hydrogen) atoms. The van der Waals surface area contributed by atoms with E-state index in [-0.39, 0.29) is 5.88 Å². The van der Waals surface area contributed by atoms with Crippen LogP contribution in [0.1, 0.15) is 50.2 Å². The van der Waals surface area contributed by atoms with E-state index in [1.807, 2.05) is 12.3 Å². The van der Waals surface area contributed by atoms with Crippen LogP contribution in [0.25, 0.3) is 0 Å². The predicted molar refractivity (Wildman–Crippen MR) is 83.6 cm³/mol. The Labute approximate surface area is 121 Å². The molecule has 0 spiro atoms. The fraction of sp³-hybridized carbons (Fsp3) is 0.562. The molecular weight excluding hydrogens is 258 g/mol. The number of hydrogen-bond donors (Lipinski definition) is 1. The van der Waals surface area contributed by atoms with E-state index in [1.165, 1.54) is 24.8 Å². The van der Waals surface area contributed by atoms with Gasteiger partial charge in [0.2, 0.25) is 0 Å². The molecule has 1 aromatic carbocycles. The van der Waals surface area contributed by atoms with E-state index < -0.39 is 6.10 Å². The number of rotatable bonds is 8. The van der Waals surface area contributed by atoms with Crippen LogP contribution in [0, 0.1) is 0 Å². The van der Waals surface area contributed by atoms with E-state index in [0.717, 1.165) is 5.56 Å². The van der Waals surface area contributed by atoms with E-state index >= 15 is 0 Å². The molecule has 0 aliphatic rings. The molecule has 1 rings (SSSR count). The average molecular weight is 282 g/mol. The first kappa shape index (κ1) is 16.2. The monoisotopic (exact) mass is 281 g/mol. The van der Waals surface area contributed by atoms with Crippen molar-refractivity contribution in [2.75, 3.05) is 12.4 Å². The van der Waals surface area contributed by atoms with Crippen molar-refractivity contribution in [3.05, 3.63) is 35.4 Å². The number of halogens is 1. The third-order valence-electron chi connectivity index (χ3n) is 3.24. The summed E-state index contributed by atoms with van der Waals surface area (Å²) in [6.07, 6.45) is 4.97. The summed E-state index contributed by atoms with van der Waals surface area (Å²) < 4.78 is 0. The van der Waals surface area contributed by atoms with Gasteiger partial charge in [0, 0.05) is 6.21 Å². The van der Waals surface area contributed by atoms with Crippen LogP contribution < -0.4 is 0 Å². The van der Waals surface area contributed by atoms with Crippen molar-refractivity contribution in [1.29, 1.82) is 0 Å². The summed E-state index contributed by atoms with van der Waals surface area (Å²) >= 11 is 5.55. The minimum atomic E-state index is -0.553. The van der Waals surface area contributed by atoms with E-state index in [1.54, 1.807) is 0 Å². The van der Waals surface area contributed by atoms with Gasteiger partial charge in [-0.3, -0.25) is 4.99 Å². The van der Waals surface area contributed by atoms with Gasteiger partial charge in [-0.2, -0.15) is 0 Å². The van der Waals surface area contributed by atoms with Gasteiger partial charge < -0.3 is 5.11 Å². The quantitative estimate of drug-likeness (QED) is 0.567. The van der Waals surface area contributed by atoms with Crippen molar-refractivity contribution < 1.29 is 5.11 Å². The smallest absolute Gasteiger partial charge is 0.0870 e. The molecule has 2 atom stereocenters. The van der Waals surface area contributed by atoms with E-state index in [2.05, 4.69) is 37.0 Å². The van der Waals surface area contributed by atoms with Crippen molar-refractivity contribution in [2.24, 2.45) is 4.99 Å². The summed E-state index contributed by atoms with van der Waals surface area (Å²) in [6, 6.07) is 8.34. The molecule has 0 saturated heterocycles. The molecule has 0 fully saturated rings. The molecule has 2 nitrogen and oxygen atoms in total. The maximum absolute atomic E-state index is 9.38. The Balaban J connectivity index is 2.72. The highest BCUT2D eigenvalue weighted by molar-refractivity contribution is 6.18. The first-order chi connectivity index (χ1) is 9.19. The molecule has 3 heteroatoms. The number of benzene rings is 1. The van der Waals surface area contributed by atoms with Crippen LogP contribution in [0.15, 0.2) is 29.3 Å². The first-order valence-electron chi connectivity index (χ1n) is 7.01. The number of hydrogen-bond acceptors (Lipinski definition) is 2. The summed E-state index contributed by atoms with van der Waals surface area (Å²) in [6.45, 7) is 4.84. The second-order valence-electron chi connectivity index (χ2n) is 4.97. The van der Waals surface area contributed by atoms with Crippen molar-refractivity contribution in [1.82, 2.24) is 0 Å². The van der Waals surface area contributed by atoms with Gasteiger partial charge in [-0.1, -0.05) is 51.0 Å². The number of alkyl halides is 1. The van der Waals surface area contributed by atoms with Crippen molar-refractivity contribution >= 4 is 17.8 Å². The van der Waals surface area contributed by atoms with Gasteiger partial charge in [0.25, 0.3) is 0 Å². The van der Waals surface area contributed by atoms with Gasteiger partial charge in [0.15, 0.2) is 0 Å². The maximum Gasteiger partial charge on any atom is 0.0870 e. The standard InChI is InChI=1S/C16H24ClNO/c1-3-4-7-13(2)16-9-6-5-8-14(16)11-18-12-15(19)10-17/h5-6,8-9,11,13,15,19H,3-4,7,10,12H2,1-2H3. The lowest BCUT2D eigenvalue weighted by Crippen LogP contribution is -2.12. The van der Waals surface area contributed by atoms with Gasteiger partial charge in [0.1, 0.15) is 0 Å². The molecule has 2 unspecified atom stereocenters. The second-order valence-corrected chi connectivity index (χ2v) is 5.28. The molecule has 0 aliphatic carbocycles. The normalized spacial score (nSPS) is 14.7. The van der Waals surface area contributed by atoms with E-state index in [4.69, 9.17) is 11.6 Å². The maximum atomic E-state index is 9.38. The summed E-state index contributed by atoms with van der Waals surface area (Å²) in [5, 5.41) is 9.38. The van der Waals surface area contributed by atoms with Crippen LogP contribution in [0.4, 0.5) is 0 Å². The Kier molecular flexibility index (Phi) is 7.76. The zero-order valence-corrected chi connectivity index (χ0v) is 12.6. The van der Waals surface area contributed by atoms with Crippen LogP contribution in [-0.2, 0) is 0 Å². The van der Waals surface area contributed by atoms with Crippen molar-refractivity contribution in [2.45, 2.75) is 45.1 Å². The predicted octanol–water partition coefficient (Wildman–Crippen LogP) is 4.00. The molecule has 106 valence electrons. The average Bonchev–Trinajstić information content (AvgIpc) is 2.45. The highest BCUT2D eigenvalue weighted by Crippen LogP contribution is 2.23. The summed E-state index contributed by atoms with van der Waals surface area (Å²) in [7, 11) is 0. The molecule has 0 radical (unpaired) electrons. The summed E-state index contributed by atoms with van der Waals surface area (Å²) in [5.74, 6) is 0.770. The zero-order chi connectivity index (χ0) is 14.1. The van der Waals surface area contributed by atoms with E-state index in [9.17, 15) is 5.11 Å². The Hall–Kier alpha value is -0.860. The lowest BCUT2D eigenvalue weighted by Gasteiger charge is -2.14. The van der Waals surface area contributed by atoms with Crippen LogP contribution in [0.2, 0.25) is 0 Å². The fourth-order valence-electron chi connectivity index (χ4n) is 2.06. The first-order valence-corrected chi connectivity index (χ1v) is 7.55. The minimum Gasteiger partial charge on any atom is -0.390 e. The second kappa shape index (κ2) is 9.11. The molecule has 0 saturated carbocycles. The fourth-order valence-corrected chi connectivity index (χ4v) is 2.16. The SMILES string of the molecule is CCCCC(C)c1ccccc1C=NCC(O)CCl. The van der Waals surface area contributed by atoms with Crippen molar-refractivity contribution in [3.8, 4) is 0 Å². The molecule has 1 N–H and O–H groups in total. The van der Waals surface area contributed by atoms with E-state index in [0.29, 0.717) is 12.5 Å². The van der Waals surface area contributed by atoms with Gasteiger partial charge in [-0.05, 0) is 23.5 Å². The molecule has 1 aromatic rings. The van der Waals surface area contributed by atoms with Crippen molar-refractivity contribution in [3.63, 3.8) is 0 Å². The number of aliphatic hydroxyl groups is 1. The summed E-state index contributed by atoms with van der Waals surface area (Å²) in [5.41, 5.74) is 2.48. The topological polar surface area (TPSA) is 32.6 Å². The number of aliphatic imine (C=N–C) groups is 1. The molecule has 0 heterocycles. The van der Waals surface area contributed by atoms with Crippen LogP contribution in [-0.4, -0.2) is 29.8 Å². The lowest BCUT2D eigenvalue weighted by atomic mass is 9.92. The van der Waals surface area contributed by atoms with Gasteiger partial charge in [-0.25, -0.2) is 0 Å². The number of unbranched alkanes of at least 4 members (excludes halogenated alkanes) is 1. The van der Waals surface area contributed by atoms with Gasteiger partial charge in [-0.15, -0.1) is 11.6 Å². The van der Waals surface area contributed by atoms with Crippen LogP contribution in [0.3, 0.4) is 0 Å². The number of aliphatic hydroxyl groups excluding tert-OH is 1. The lowest BCUT2D eigenvalue weighted by molar-refractivity contribution is 0.207. The van der Waals surface area contributed by atoms with Crippen LogP contribution >= 0.6 is 11.6 Å². The zero-order valence-electron chi connectivity index (χ0n) is 11.8. The molecule has 0 bridgehead atoms. The Morgan fingerprint density at radius 3 is 2.79 bits per heavy atom. The Morgan fingerprint density at radius 1 is 1.37 bits per heavy atom. The third-order valence-corrected chi connectivity index (χ3v) is 3.60. The molecule has 0 amide bonds.